The molecule has 6 nitrogen and oxygen atoms in total. The van der Waals surface area contributed by atoms with Crippen LogP contribution >= 0.6 is 0 Å². The Balaban J connectivity index is 1.32. The molecule has 2 amide bonds. The molecule has 1 aliphatic rings. The molecule has 162 valence electrons. The topological polar surface area (TPSA) is 67.2 Å². The minimum absolute atomic E-state index is 0.0221. The van der Waals surface area contributed by atoms with Gasteiger partial charge >= 0.3 is 0 Å². The summed E-state index contributed by atoms with van der Waals surface area (Å²) in [7, 11) is 0. The molecule has 0 aliphatic carbocycles. The maximum absolute atomic E-state index is 12.4. The molecule has 0 saturated carbocycles. The van der Waals surface area contributed by atoms with Crippen molar-refractivity contribution in [2.45, 2.75) is 44.9 Å². The third kappa shape index (κ3) is 5.32. The van der Waals surface area contributed by atoms with Crippen LogP contribution in [0.5, 0.6) is 0 Å². The molecule has 0 radical (unpaired) electrons. The van der Waals surface area contributed by atoms with Crippen LogP contribution in [-0.4, -0.2) is 45.9 Å². The van der Waals surface area contributed by atoms with Gasteiger partial charge in [-0.15, -0.1) is 0 Å². The van der Waals surface area contributed by atoms with E-state index in [2.05, 4.69) is 28.1 Å². The lowest BCUT2D eigenvalue weighted by molar-refractivity contribution is -0.130. The monoisotopic (exact) mass is 418 g/mol. The van der Waals surface area contributed by atoms with Gasteiger partial charge in [-0.2, -0.15) is 0 Å². The number of carbonyl (C=O) groups excluding carboxylic acids is 2. The van der Waals surface area contributed by atoms with E-state index in [9.17, 15) is 9.59 Å². The van der Waals surface area contributed by atoms with Gasteiger partial charge in [0, 0.05) is 44.6 Å². The van der Waals surface area contributed by atoms with Crippen molar-refractivity contribution in [3.63, 3.8) is 0 Å². The molecule has 2 heterocycles. The summed E-state index contributed by atoms with van der Waals surface area (Å²) in [4.78, 5) is 31.2. The second-order valence-corrected chi connectivity index (χ2v) is 8.08. The van der Waals surface area contributed by atoms with Crippen molar-refractivity contribution < 1.29 is 9.59 Å². The van der Waals surface area contributed by atoms with Gasteiger partial charge in [-0.25, -0.2) is 4.98 Å². The number of carbonyl (C=O) groups is 2. The number of para-hydroxylation sites is 3. The summed E-state index contributed by atoms with van der Waals surface area (Å²) < 4.78 is 2.13. The van der Waals surface area contributed by atoms with Crippen LogP contribution in [0.2, 0.25) is 0 Å². The minimum atomic E-state index is 0.0221. The molecule has 1 aliphatic heterocycles. The molecule has 3 aromatic rings. The highest BCUT2D eigenvalue weighted by molar-refractivity contribution is 5.79. The quantitative estimate of drug-likeness (QED) is 0.565. The predicted octanol–water partition coefficient (Wildman–Crippen LogP) is 3.87. The Morgan fingerprint density at radius 3 is 2.68 bits per heavy atom. The zero-order valence-electron chi connectivity index (χ0n) is 17.9. The molecule has 1 N–H and O–H groups in total. The van der Waals surface area contributed by atoms with Crippen LogP contribution < -0.4 is 5.32 Å². The molecule has 1 saturated heterocycles. The molecule has 2 aromatic carbocycles. The Morgan fingerprint density at radius 1 is 1.00 bits per heavy atom. The molecule has 0 atom stereocenters. The number of hydrogen-bond donors (Lipinski definition) is 1. The number of imidazole rings is 1. The first-order valence-electron chi connectivity index (χ1n) is 11.3. The second-order valence-electron chi connectivity index (χ2n) is 8.08. The number of aromatic nitrogens is 2. The first-order chi connectivity index (χ1) is 15.2. The average Bonchev–Trinajstić information content (AvgIpc) is 3.05. The van der Waals surface area contributed by atoms with Crippen molar-refractivity contribution >= 4 is 22.8 Å². The lowest BCUT2D eigenvalue weighted by atomic mass is 10.2. The molecule has 0 spiro atoms. The zero-order valence-corrected chi connectivity index (χ0v) is 17.9. The van der Waals surface area contributed by atoms with Gasteiger partial charge in [0.05, 0.1) is 11.0 Å². The number of aryl methyl sites for hydroxylation is 1. The SMILES string of the molecule is O=C(CCc1nc2ccccc2n1-c1ccccc1)NCCCN1CCCCCC1=O. The number of benzene rings is 2. The highest BCUT2D eigenvalue weighted by Gasteiger charge is 2.16. The van der Waals surface area contributed by atoms with Gasteiger partial charge in [0.25, 0.3) is 0 Å². The van der Waals surface area contributed by atoms with E-state index in [-0.39, 0.29) is 11.8 Å². The lowest BCUT2D eigenvalue weighted by Gasteiger charge is -2.20. The number of likely N-dealkylation sites (tertiary alicyclic amines) is 1. The van der Waals surface area contributed by atoms with Crippen molar-refractivity contribution in [2.75, 3.05) is 19.6 Å². The molecule has 1 fully saturated rings. The number of fused-ring (bicyclic) bond motifs is 1. The van der Waals surface area contributed by atoms with Crippen LogP contribution in [0.1, 0.15) is 44.3 Å². The largest absolute Gasteiger partial charge is 0.356 e. The maximum atomic E-state index is 12.4. The molecule has 4 rings (SSSR count). The van der Waals surface area contributed by atoms with Gasteiger partial charge in [-0.3, -0.25) is 14.2 Å². The number of hydrogen-bond acceptors (Lipinski definition) is 3. The van der Waals surface area contributed by atoms with E-state index in [0.717, 1.165) is 61.3 Å². The van der Waals surface area contributed by atoms with Gasteiger partial charge in [-0.1, -0.05) is 36.8 Å². The van der Waals surface area contributed by atoms with Crippen LogP contribution in [0, 0.1) is 0 Å². The molecule has 0 bridgehead atoms. The minimum Gasteiger partial charge on any atom is -0.356 e. The van der Waals surface area contributed by atoms with Gasteiger partial charge in [0.15, 0.2) is 0 Å². The summed E-state index contributed by atoms with van der Waals surface area (Å²) in [6.45, 7) is 2.17. The second kappa shape index (κ2) is 10.2. The first kappa shape index (κ1) is 21.1. The Bertz CT molecular complexity index is 1030. The zero-order chi connectivity index (χ0) is 21.5. The van der Waals surface area contributed by atoms with E-state index < -0.39 is 0 Å². The predicted molar refractivity (Wildman–Crippen MR) is 122 cm³/mol. The van der Waals surface area contributed by atoms with Crippen LogP contribution in [-0.2, 0) is 16.0 Å². The van der Waals surface area contributed by atoms with E-state index in [0.29, 0.717) is 25.8 Å². The normalized spacial score (nSPS) is 14.6. The fraction of sp³-hybridized carbons (Fsp3) is 0.400. The van der Waals surface area contributed by atoms with Crippen LogP contribution in [0.15, 0.2) is 54.6 Å². The summed E-state index contributed by atoms with van der Waals surface area (Å²) in [5, 5.41) is 3.00. The Hall–Kier alpha value is -3.15. The van der Waals surface area contributed by atoms with E-state index in [1.807, 2.05) is 41.3 Å². The van der Waals surface area contributed by atoms with Crippen molar-refractivity contribution in [2.24, 2.45) is 0 Å². The highest BCUT2D eigenvalue weighted by Crippen LogP contribution is 2.22. The number of rotatable bonds is 8. The molecule has 1 aromatic heterocycles. The van der Waals surface area contributed by atoms with Crippen LogP contribution in [0.4, 0.5) is 0 Å². The first-order valence-corrected chi connectivity index (χ1v) is 11.3. The Labute approximate surface area is 183 Å². The molecule has 31 heavy (non-hydrogen) atoms. The third-order valence-corrected chi connectivity index (χ3v) is 5.82. The van der Waals surface area contributed by atoms with Crippen LogP contribution in [0.25, 0.3) is 16.7 Å². The van der Waals surface area contributed by atoms with E-state index >= 15 is 0 Å². The summed E-state index contributed by atoms with van der Waals surface area (Å²) >= 11 is 0. The van der Waals surface area contributed by atoms with E-state index in [1.165, 1.54) is 0 Å². The number of nitrogens with zero attached hydrogens (tertiary/aromatic N) is 3. The third-order valence-electron chi connectivity index (χ3n) is 5.82. The molecular formula is C25H30N4O2. The van der Waals surface area contributed by atoms with E-state index in [1.54, 1.807) is 0 Å². The fourth-order valence-corrected chi connectivity index (χ4v) is 4.20. The van der Waals surface area contributed by atoms with Crippen LogP contribution in [0.3, 0.4) is 0 Å². The number of amides is 2. The van der Waals surface area contributed by atoms with Gasteiger partial charge < -0.3 is 10.2 Å². The van der Waals surface area contributed by atoms with Gasteiger partial charge in [0.1, 0.15) is 5.82 Å². The molecular weight excluding hydrogens is 388 g/mol. The maximum Gasteiger partial charge on any atom is 0.222 e. The summed E-state index contributed by atoms with van der Waals surface area (Å²) in [5.74, 6) is 1.16. The van der Waals surface area contributed by atoms with E-state index in [4.69, 9.17) is 4.98 Å². The van der Waals surface area contributed by atoms with Crippen molar-refractivity contribution in [3.05, 3.63) is 60.4 Å². The Morgan fingerprint density at radius 2 is 1.81 bits per heavy atom. The number of nitrogens with one attached hydrogen (secondary N) is 1. The van der Waals surface area contributed by atoms with Gasteiger partial charge in [-0.05, 0) is 43.5 Å². The smallest absolute Gasteiger partial charge is 0.222 e. The Kier molecular flexibility index (Phi) is 6.97. The fourth-order valence-electron chi connectivity index (χ4n) is 4.20. The lowest BCUT2D eigenvalue weighted by Crippen LogP contribution is -2.34. The standard InChI is InChI=1S/C25H30N4O2/c30-24(26-17-9-19-28-18-8-2-5-14-25(28)31)16-15-23-27-21-12-6-7-13-22(21)29(23)20-10-3-1-4-11-20/h1,3-4,6-7,10-13H,2,5,8-9,14-19H2,(H,26,30). The summed E-state index contributed by atoms with van der Waals surface area (Å²) in [5.41, 5.74) is 3.03. The van der Waals surface area contributed by atoms with Crippen molar-refractivity contribution in [1.29, 1.82) is 0 Å². The molecule has 0 unspecified atom stereocenters. The van der Waals surface area contributed by atoms with Crippen molar-refractivity contribution in [1.82, 2.24) is 19.8 Å². The van der Waals surface area contributed by atoms with Gasteiger partial charge in [0.2, 0.25) is 11.8 Å². The van der Waals surface area contributed by atoms with Crippen molar-refractivity contribution in [3.8, 4) is 5.69 Å². The summed E-state index contributed by atoms with van der Waals surface area (Å²) in [6.07, 6.45) is 5.63. The highest BCUT2D eigenvalue weighted by atomic mass is 16.2. The summed E-state index contributed by atoms with van der Waals surface area (Å²) in [6, 6.07) is 18.2. The average molecular weight is 419 g/mol. The molecule has 6 heteroatoms.